The molecule has 2 amide bonds. The van der Waals surface area contributed by atoms with Crippen LogP contribution in [-0.2, 0) is 4.79 Å². The minimum absolute atomic E-state index is 0.172. The van der Waals surface area contributed by atoms with Gasteiger partial charge in [0, 0.05) is 6.54 Å². The van der Waals surface area contributed by atoms with Gasteiger partial charge in [-0.3, -0.25) is 4.79 Å². The Morgan fingerprint density at radius 2 is 2.08 bits per heavy atom. The summed E-state index contributed by atoms with van der Waals surface area (Å²) in [5.41, 5.74) is 3.26. The number of aliphatic hydroxyl groups is 1. The highest BCUT2D eigenvalue weighted by Gasteiger charge is 2.24. The van der Waals surface area contributed by atoms with Gasteiger partial charge in [-0.1, -0.05) is 0 Å². The minimum atomic E-state index is -1.46. The third kappa shape index (κ3) is 5.48. The Morgan fingerprint density at radius 1 is 1.58 bits per heavy atom. The first kappa shape index (κ1) is 10.7. The molecule has 5 N–H and O–H groups in total. The number of nitrogens with one attached hydrogen (secondary N) is 1. The molecule has 0 aliphatic carbocycles. The van der Waals surface area contributed by atoms with Gasteiger partial charge in [0.15, 0.2) is 0 Å². The molecule has 0 saturated heterocycles. The smallest absolute Gasteiger partial charge is 0.312 e. The Kier molecular flexibility index (Phi) is 3.49. The van der Waals surface area contributed by atoms with Crippen LogP contribution in [0.5, 0.6) is 0 Å². The fourth-order valence-electron chi connectivity index (χ4n) is 0.666. The molecule has 0 saturated carbocycles. The van der Waals surface area contributed by atoms with Crippen LogP contribution >= 0.6 is 0 Å². The number of rotatable bonds is 4. The third-order valence-corrected chi connectivity index (χ3v) is 1.18. The largest absolute Gasteiger partial charge is 0.481 e. The second-order valence-electron chi connectivity index (χ2n) is 2.79. The van der Waals surface area contributed by atoms with Crippen LogP contribution in [0.25, 0.3) is 0 Å². The summed E-state index contributed by atoms with van der Waals surface area (Å²) in [6.07, 6.45) is -0.437. The Hall–Kier alpha value is -1.30. The van der Waals surface area contributed by atoms with Gasteiger partial charge in [-0.2, -0.15) is 0 Å². The minimum Gasteiger partial charge on any atom is -0.481 e. The first-order chi connectivity index (χ1) is 5.33. The lowest BCUT2D eigenvalue weighted by atomic mass is 10.0. The Balaban J connectivity index is 3.86. The number of carbonyl (C=O) groups is 2. The van der Waals surface area contributed by atoms with E-state index < -0.39 is 24.0 Å². The highest BCUT2D eigenvalue weighted by atomic mass is 16.4. The summed E-state index contributed by atoms with van der Waals surface area (Å²) in [7, 11) is 0. The molecule has 6 nitrogen and oxygen atoms in total. The van der Waals surface area contributed by atoms with E-state index in [1.54, 1.807) is 0 Å². The van der Waals surface area contributed by atoms with Crippen LogP contribution in [0.2, 0.25) is 0 Å². The predicted octanol–water partition coefficient (Wildman–Crippen LogP) is -1.12. The van der Waals surface area contributed by atoms with E-state index in [0.29, 0.717) is 0 Å². The predicted molar refractivity (Wildman–Crippen MR) is 40.5 cm³/mol. The van der Waals surface area contributed by atoms with Crippen molar-refractivity contribution in [2.45, 2.75) is 18.9 Å². The van der Waals surface area contributed by atoms with Crippen LogP contribution in [0.1, 0.15) is 13.3 Å². The lowest BCUT2D eigenvalue weighted by molar-refractivity contribution is -0.141. The average molecular weight is 176 g/mol. The number of hydrogen-bond acceptors (Lipinski definition) is 3. The summed E-state index contributed by atoms with van der Waals surface area (Å²) in [5.74, 6) is -1.13. The van der Waals surface area contributed by atoms with Crippen molar-refractivity contribution in [1.29, 1.82) is 0 Å². The van der Waals surface area contributed by atoms with E-state index in [1.165, 1.54) is 6.92 Å². The van der Waals surface area contributed by atoms with Crippen molar-refractivity contribution in [1.82, 2.24) is 5.32 Å². The van der Waals surface area contributed by atoms with E-state index in [4.69, 9.17) is 10.8 Å². The van der Waals surface area contributed by atoms with Crippen molar-refractivity contribution in [2.75, 3.05) is 6.54 Å². The number of nitrogens with two attached hydrogens (primary N) is 1. The van der Waals surface area contributed by atoms with Gasteiger partial charge >= 0.3 is 12.0 Å². The van der Waals surface area contributed by atoms with Gasteiger partial charge in [0.05, 0.1) is 12.0 Å². The number of urea groups is 1. The van der Waals surface area contributed by atoms with E-state index >= 15 is 0 Å². The molecule has 0 aliphatic rings. The molecule has 0 aliphatic heterocycles. The summed E-state index contributed by atoms with van der Waals surface area (Å²) in [5, 5.41) is 19.7. The molecule has 6 heteroatoms. The maximum absolute atomic E-state index is 10.2. The summed E-state index contributed by atoms with van der Waals surface area (Å²) in [6.45, 7) is 1.13. The van der Waals surface area contributed by atoms with Gasteiger partial charge in [-0.05, 0) is 6.92 Å². The second kappa shape index (κ2) is 3.91. The van der Waals surface area contributed by atoms with Gasteiger partial charge in [0.25, 0.3) is 0 Å². The molecule has 0 spiro atoms. The molecule has 0 aromatic rings. The van der Waals surface area contributed by atoms with E-state index in [-0.39, 0.29) is 6.54 Å². The number of carboxylic acid groups (broad SMARTS) is 1. The monoisotopic (exact) mass is 176 g/mol. The van der Waals surface area contributed by atoms with E-state index in [2.05, 4.69) is 5.32 Å². The van der Waals surface area contributed by atoms with Crippen LogP contribution in [0.4, 0.5) is 4.79 Å². The number of amides is 2. The maximum Gasteiger partial charge on any atom is 0.312 e. The highest BCUT2D eigenvalue weighted by Crippen LogP contribution is 2.06. The summed E-state index contributed by atoms with van der Waals surface area (Å²) >= 11 is 0. The Morgan fingerprint density at radius 3 is 2.42 bits per heavy atom. The molecule has 0 heterocycles. The fraction of sp³-hybridized carbons (Fsp3) is 0.667. The molecular formula is C6H12N2O4. The van der Waals surface area contributed by atoms with Gasteiger partial charge in [0.1, 0.15) is 0 Å². The first-order valence-electron chi connectivity index (χ1n) is 3.31. The lowest BCUT2D eigenvalue weighted by Gasteiger charge is -2.20. The topological polar surface area (TPSA) is 113 Å². The molecule has 1 atom stereocenters. The quantitative estimate of drug-likeness (QED) is 0.434. The fourth-order valence-corrected chi connectivity index (χ4v) is 0.666. The Bertz CT molecular complexity index is 190. The van der Waals surface area contributed by atoms with E-state index in [1.807, 2.05) is 0 Å². The SMILES string of the molecule is CC(O)(CNC(N)=O)CC(=O)O. The molecule has 1 unspecified atom stereocenters. The number of hydrogen-bond donors (Lipinski definition) is 4. The summed E-state index contributed by atoms with van der Waals surface area (Å²) in [4.78, 5) is 20.3. The molecular weight excluding hydrogens is 164 g/mol. The zero-order chi connectivity index (χ0) is 9.78. The number of carboxylic acids is 1. The normalized spacial score (nSPS) is 14.8. The molecule has 70 valence electrons. The third-order valence-electron chi connectivity index (χ3n) is 1.18. The lowest BCUT2D eigenvalue weighted by Crippen LogP contribution is -2.43. The molecule has 0 radical (unpaired) electrons. The molecule has 0 fully saturated rings. The van der Waals surface area contributed by atoms with Gasteiger partial charge in [-0.25, -0.2) is 4.79 Å². The van der Waals surface area contributed by atoms with Gasteiger partial charge < -0.3 is 21.3 Å². The van der Waals surface area contributed by atoms with Crippen molar-refractivity contribution >= 4 is 12.0 Å². The zero-order valence-corrected chi connectivity index (χ0v) is 6.70. The van der Waals surface area contributed by atoms with Crippen molar-refractivity contribution in [3.8, 4) is 0 Å². The van der Waals surface area contributed by atoms with E-state index in [0.717, 1.165) is 0 Å². The van der Waals surface area contributed by atoms with Crippen LogP contribution in [0, 0.1) is 0 Å². The first-order valence-corrected chi connectivity index (χ1v) is 3.31. The van der Waals surface area contributed by atoms with Gasteiger partial charge in [0.2, 0.25) is 0 Å². The number of primary amides is 1. The van der Waals surface area contributed by atoms with Crippen molar-refractivity contribution in [3.63, 3.8) is 0 Å². The van der Waals surface area contributed by atoms with E-state index in [9.17, 15) is 14.7 Å². The Labute approximate surface area is 69.4 Å². The number of aliphatic carboxylic acids is 1. The number of carbonyl (C=O) groups excluding carboxylic acids is 1. The van der Waals surface area contributed by atoms with Crippen LogP contribution in [0.3, 0.4) is 0 Å². The standard InChI is InChI=1S/C6H12N2O4/c1-6(12,2-4(9)10)3-8-5(7)11/h12H,2-3H2,1H3,(H,9,10)(H3,7,8,11). The molecule has 12 heavy (non-hydrogen) atoms. The summed E-state index contributed by atoms with van der Waals surface area (Å²) < 4.78 is 0. The van der Waals surface area contributed by atoms with Crippen molar-refractivity contribution in [3.05, 3.63) is 0 Å². The zero-order valence-electron chi connectivity index (χ0n) is 6.70. The second-order valence-corrected chi connectivity index (χ2v) is 2.79. The van der Waals surface area contributed by atoms with Crippen LogP contribution in [0.15, 0.2) is 0 Å². The maximum atomic E-state index is 10.2. The van der Waals surface area contributed by atoms with Crippen molar-refractivity contribution < 1.29 is 19.8 Å². The summed E-state index contributed by atoms with van der Waals surface area (Å²) in [6, 6.07) is -0.791. The van der Waals surface area contributed by atoms with Crippen molar-refractivity contribution in [2.24, 2.45) is 5.73 Å². The van der Waals surface area contributed by atoms with Crippen LogP contribution in [-0.4, -0.2) is 34.4 Å². The van der Waals surface area contributed by atoms with Crippen LogP contribution < -0.4 is 11.1 Å². The molecule has 0 aromatic carbocycles. The molecule has 0 bridgehead atoms. The molecule has 0 rings (SSSR count). The average Bonchev–Trinajstić information content (AvgIpc) is 1.81. The molecule has 0 aromatic heterocycles. The van der Waals surface area contributed by atoms with Gasteiger partial charge in [-0.15, -0.1) is 0 Å². The highest BCUT2D eigenvalue weighted by molar-refractivity contribution is 5.72.